The van der Waals surface area contributed by atoms with Gasteiger partial charge in [-0.1, -0.05) is 25.1 Å². The van der Waals surface area contributed by atoms with Crippen molar-refractivity contribution in [2.24, 2.45) is 4.99 Å². The van der Waals surface area contributed by atoms with Crippen molar-refractivity contribution in [1.82, 2.24) is 20.5 Å². The van der Waals surface area contributed by atoms with Crippen molar-refractivity contribution in [3.05, 3.63) is 59.9 Å². The van der Waals surface area contributed by atoms with Crippen molar-refractivity contribution in [2.45, 2.75) is 32.6 Å². The van der Waals surface area contributed by atoms with Crippen LogP contribution in [0.3, 0.4) is 0 Å². The van der Waals surface area contributed by atoms with Gasteiger partial charge in [0.1, 0.15) is 12.3 Å². The number of aliphatic imine (C=N–C) groups is 1. The second-order valence-electron chi connectivity index (χ2n) is 7.47. The van der Waals surface area contributed by atoms with Gasteiger partial charge in [-0.3, -0.25) is 9.78 Å². The third kappa shape index (κ3) is 8.66. The summed E-state index contributed by atoms with van der Waals surface area (Å²) in [7, 11) is 3.48. The van der Waals surface area contributed by atoms with Crippen LogP contribution in [-0.4, -0.2) is 62.1 Å². The van der Waals surface area contributed by atoms with Crippen LogP contribution in [0.4, 0.5) is 0 Å². The van der Waals surface area contributed by atoms with Crippen molar-refractivity contribution in [3.63, 3.8) is 0 Å². The highest BCUT2D eigenvalue weighted by molar-refractivity contribution is 5.84. The van der Waals surface area contributed by atoms with Crippen LogP contribution in [0.25, 0.3) is 0 Å². The quantitative estimate of drug-likeness (QED) is 0.428. The molecular weight excluding hydrogens is 390 g/mol. The molecule has 1 heterocycles. The van der Waals surface area contributed by atoms with Gasteiger partial charge in [-0.15, -0.1) is 0 Å². The summed E-state index contributed by atoms with van der Waals surface area (Å²) in [5.41, 5.74) is 2.25. The zero-order valence-electron chi connectivity index (χ0n) is 19.1. The first kappa shape index (κ1) is 24.2. The highest BCUT2D eigenvalue weighted by Crippen LogP contribution is 2.21. The van der Waals surface area contributed by atoms with Crippen LogP contribution in [0.15, 0.2) is 53.7 Å². The van der Waals surface area contributed by atoms with Crippen molar-refractivity contribution < 1.29 is 9.53 Å². The van der Waals surface area contributed by atoms with Gasteiger partial charge in [0.15, 0.2) is 5.96 Å². The summed E-state index contributed by atoms with van der Waals surface area (Å²) in [5.74, 6) is 1.92. The van der Waals surface area contributed by atoms with Gasteiger partial charge in [0.05, 0.1) is 7.11 Å². The molecule has 0 saturated carbocycles. The van der Waals surface area contributed by atoms with E-state index in [-0.39, 0.29) is 12.5 Å². The van der Waals surface area contributed by atoms with E-state index in [1.807, 2.05) is 37.3 Å². The average Bonchev–Trinajstić information content (AvgIpc) is 2.81. The number of hydrogen-bond acceptors (Lipinski definition) is 4. The number of nitrogens with one attached hydrogen (secondary N) is 2. The molecule has 1 unspecified atom stereocenters. The van der Waals surface area contributed by atoms with Gasteiger partial charge in [0.2, 0.25) is 5.91 Å². The van der Waals surface area contributed by atoms with E-state index in [4.69, 9.17) is 4.74 Å². The second kappa shape index (κ2) is 13.3. The van der Waals surface area contributed by atoms with Crippen LogP contribution < -0.4 is 15.4 Å². The topological polar surface area (TPSA) is 78.9 Å². The number of methoxy groups -OCH3 is 1. The molecule has 2 aromatic rings. The van der Waals surface area contributed by atoms with E-state index in [0.29, 0.717) is 18.4 Å². The smallest absolute Gasteiger partial charge is 0.244 e. The molecule has 0 aliphatic rings. The van der Waals surface area contributed by atoms with Gasteiger partial charge in [-0.2, -0.15) is 0 Å². The Labute approximate surface area is 185 Å². The van der Waals surface area contributed by atoms with Gasteiger partial charge >= 0.3 is 0 Å². The van der Waals surface area contributed by atoms with Gasteiger partial charge in [-0.25, -0.2) is 4.99 Å². The molecule has 2 N–H and O–H groups in total. The lowest BCUT2D eigenvalue weighted by Crippen LogP contribution is -2.39. The Morgan fingerprint density at radius 3 is 2.61 bits per heavy atom. The molecule has 1 amide bonds. The van der Waals surface area contributed by atoms with E-state index in [0.717, 1.165) is 37.4 Å². The lowest BCUT2D eigenvalue weighted by atomic mass is 9.98. The minimum Gasteiger partial charge on any atom is -0.497 e. The van der Waals surface area contributed by atoms with Gasteiger partial charge in [0.25, 0.3) is 0 Å². The summed E-state index contributed by atoms with van der Waals surface area (Å²) in [4.78, 5) is 22.9. The number of likely N-dealkylation sites (N-methyl/N-ethyl adjacent to an activating group) is 1. The Kier molecular flexibility index (Phi) is 10.3. The largest absolute Gasteiger partial charge is 0.497 e. The summed E-state index contributed by atoms with van der Waals surface area (Å²) in [6.45, 7) is 6.45. The molecule has 168 valence electrons. The number of hydrogen-bond donors (Lipinski definition) is 2. The monoisotopic (exact) mass is 425 g/mol. The number of nitrogens with zero attached hydrogens (tertiary/aromatic N) is 3. The molecule has 0 aliphatic carbocycles. The zero-order valence-corrected chi connectivity index (χ0v) is 19.1. The molecule has 7 heteroatoms. The van der Waals surface area contributed by atoms with Gasteiger partial charge in [0, 0.05) is 45.0 Å². The second-order valence-corrected chi connectivity index (χ2v) is 7.47. The Bertz CT molecular complexity index is 808. The minimum absolute atomic E-state index is 0.0141. The van der Waals surface area contributed by atoms with Crippen molar-refractivity contribution >= 4 is 11.9 Å². The first-order valence-corrected chi connectivity index (χ1v) is 10.8. The fraction of sp³-hybridized carbons (Fsp3) is 0.458. The van der Waals surface area contributed by atoms with E-state index in [1.54, 1.807) is 25.3 Å². The number of aromatic nitrogens is 1. The van der Waals surface area contributed by atoms with Crippen molar-refractivity contribution in [1.29, 1.82) is 0 Å². The molecule has 0 radical (unpaired) electrons. The highest BCUT2D eigenvalue weighted by Gasteiger charge is 2.10. The summed E-state index contributed by atoms with van der Waals surface area (Å²) >= 11 is 0. The molecule has 1 aromatic heterocycles. The fourth-order valence-corrected chi connectivity index (χ4v) is 3.07. The number of pyridine rings is 1. The predicted octanol–water partition coefficient (Wildman–Crippen LogP) is 2.84. The average molecular weight is 426 g/mol. The molecule has 0 bridgehead atoms. The molecule has 31 heavy (non-hydrogen) atoms. The molecule has 1 atom stereocenters. The third-order valence-electron chi connectivity index (χ3n) is 5.13. The Hall–Kier alpha value is -3.09. The molecule has 2 rings (SSSR count). The number of carbonyl (C=O) groups excluding carboxylic acids is 1. The first-order chi connectivity index (χ1) is 15.0. The summed E-state index contributed by atoms with van der Waals surface area (Å²) in [6, 6.07) is 14.0. The standard InChI is InChI=1S/C24H35N5O2/c1-5-25-24(27-16-13-19(2)20-9-11-22(31-4)12-10-20)28-18-23(30)29(3)17-14-21-8-6-7-15-26-21/h6-12,15,19H,5,13-14,16-18H2,1-4H3,(H2,25,27,28). The fourth-order valence-electron chi connectivity index (χ4n) is 3.07. The van der Waals surface area contributed by atoms with E-state index >= 15 is 0 Å². The number of amides is 1. The lowest BCUT2D eigenvalue weighted by molar-refractivity contribution is -0.128. The number of guanidine groups is 1. The van der Waals surface area contributed by atoms with E-state index in [1.165, 1.54) is 5.56 Å². The molecule has 0 aliphatic heterocycles. The summed E-state index contributed by atoms with van der Waals surface area (Å²) < 4.78 is 5.22. The third-order valence-corrected chi connectivity index (χ3v) is 5.13. The first-order valence-electron chi connectivity index (χ1n) is 10.8. The van der Waals surface area contributed by atoms with Crippen LogP contribution in [0.1, 0.15) is 37.4 Å². The molecule has 0 spiro atoms. The number of rotatable bonds is 11. The number of carbonyl (C=O) groups is 1. The van der Waals surface area contributed by atoms with Crippen LogP contribution in [0, 0.1) is 0 Å². The maximum absolute atomic E-state index is 12.4. The number of ether oxygens (including phenoxy) is 1. The normalized spacial score (nSPS) is 12.2. The molecule has 0 fully saturated rings. The maximum Gasteiger partial charge on any atom is 0.244 e. The minimum atomic E-state index is -0.0141. The summed E-state index contributed by atoms with van der Waals surface area (Å²) in [6.07, 6.45) is 3.45. The van der Waals surface area contributed by atoms with Gasteiger partial charge < -0.3 is 20.3 Å². The van der Waals surface area contributed by atoms with E-state index < -0.39 is 0 Å². The SMILES string of the molecule is CCNC(=NCC(=O)N(C)CCc1ccccn1)NCCC(C)c1ccc(OC)cc1. The molecule has 0 saturated heterocycles. The van der Waals surface area contributed by atoms with E-state index in [9.17, 15) is 4.79 Å². The molecule has 7 nitrogen and oxygen atoms in total. The van der Waals surface area contributed by atoms with Crippen molar-refractivity contribution in [3.8, 4) is 5.75 Å². The molecular formula is C24H35N5O2. The van der Waals surface area contributed by atoms with Gasteiger partial charge in [-0.05, 0) is 49.1 Å². The van der Waals surface area contributed by atoms with Crippen LogP contribution in [0.5, 0.6) is 5.75 Å². The van der Waals surface area contributed by atoms with Crippen LogP contribution in [0.2, 0.25) is 0 Å². The number of benzene rings is 1. The maximum atomic E-state index is 12.4. The Morgan fingerprint density at radius 1 is 1.19 bits per heavy atom. The van der Waals surface area contributed by atoms with Crippen LogP contribution >= 0.6 is 0 Å². The summed E-state index contributed by atoms with van der Waals surface area (Å²) in [5, 5.41) is 6.53. The Balaban J connectivity index is 1.78. The molecule has 1 aromatic carbocycles. The predicted molar refractivity (Wildman–Crippen MR) is 126 cm³/mol. The van der Waals surface area contributed by atoms with E-state index in [2.05, 4.69) is 39.7 Å². The van der Waals surface area contributed by atoms with Crippen LogP contribution in [-0.2, 0) is 11.2 Å². The van der Waals surface area contributed by atoms with Crippen molar-refractivity contribution in [2.75, 3.05) is 40.3 Å². The lowest BCUT2D eigenvalue weighted by Gasteiger charge is -2.17. The zero-order chi connectivity index (χ0) is 22.5. The Morgan fingerprint density at radius 2 is 1.97 bits per heavy atom. The highest BCUT2D eigenvalue weighted by atomic mass is 16.5.